The number of aromatic nitrogens is 2. The number of hydrogen-bond donors (Lipinski definition) is 5. The van der Waals surface area contributed by atoms with E-state index in [0.717, 1.165) is 53.1 Å². The number of esters is 1. The van der Waals surface area contributed by atoms with Crippen LogP contribution in [0.2, 0.25) is 0 Å². The van der Waals surface area contributed by atoms with Gasteiger partial charge in [0, 0.05) is 24.9 Å². The van der Waals surface area contributed by atoms with E-state index >= 15 is 0 Å². The van der Waals surface area contributed by atoms with Gasteiger partial charge in [-0.2, -0.15) is 26.3 Å². The van der Waals surface area contributed by atoms with Crippen LogP contribution in [0.4, 0.5) is 46.5 Å². The monoisotopic (exact) mass is 1010 g/mol. The van der Waals surface area contributed by atoms with Crippen LogP contribution in [0.3, 0.4) is 0 Å². The van der Waals surface area contributed by atoms with E-state index in [1.54, 1.807) is 44.7 Å². The predicted molar refractivity (Wildman–Crippen MR) is 243 cm³/mol. The van der Waals surface area contributed by atoms with Gasteiger partial charge in [0.1, 0.15) is 53.0 Å². The van der Waals surface area contributed by atoms with Crippen LogP contribution in [0.1, 0.15) is 75.8 Å². The molecule has 4 heterocycles. The summed E-state index contributed by atoms with van der Waals surface area (Å²) in [5.74, 6) is -7.51. The fourth-order valence-corrected chi connectivity index (χ4v) is 8.57. The molecule has 6 aromatic rings. The standard InChI is InChI=1S/C26H25F4N3O5.C22H17F4N3O5/c1-25(2,3)38-19(34)11-31-23(36)20-22(35)16-9-15(27)10-17-21(16)33(24(20)37)12-18(32(17)4)13-5-7-14(8-6-13)26(28,29)30;1-28-14-7-12(23)6-13-18(14)29(21(34)17(19(13)32)20(33)27-8-16(30)31)9-15(28)10-2-4-11(5-3-10)22(24,25)26/h5-10,18,35H,11-12H2,1-4H3,(H,31,36);2-7,15,32H,8-9H2,1H3,(H,27,33)(H,30,31). The lowest BCUT2D eigenvalue weighted by atomic mass is 9.98. The molecule has 0 fully saturated rings. The molecule has 16 nitrogen and oxygen atoms in total. The Balaban J connectivity index is 0.000000213. The average Bonchev–Trinajstić information content (AvgIpc) is 3.28. The smallest absolute Gasteiger partial charge is 0.416 e. The highest BCUT2D eigenvalue weighted by molar-refractivity contribution is 6.07. The second-order valence-electron chi connectivity index (χ2n) is 17.8. The molecule has 2 aromatic heterocycles. The molecule has 8 rings (SSSR count). The Kier molecular flexibility index (Phi) is 13.5. The molecule has 0 bridgehead atoms. The second-order valence-corrected chi connectivity index (χ2v) is 17.8. The number of carbonyl (C=O) groups excluding carboxylic acids is 3. The van der Waals surface area contributed by atoms with E-state index in [1.165, 1.54) is 28.8 Å². The minimum Gasteiger partial charge on any atom is -0.506 e. The van der Waals surface area contributed by atoms with Crippen LogP contribution in [0, 0.1) is 11.6 Å². The number of carboxylic acid groups (broad SMARTS) is 1. The number of anilines is 2. The molecular weight excluding hydrogens is 973 g/mol. The van der Waals surface area contributed by atoms with E-state index in [2.05, 4.69) is 5.32 Å². The van der Waals surface area contributed by atoms with Crippen molar-refractivity contribution in [3.63, 3.8) is 0 Å². The van der Waals surface area contributed by atoms with Crippen LogP contribution in [0.15, 0.2) is 82.4 Å². The highest BCUT2D eigenvalue weighted by Crippen LogP contribution is 2.43. The van der Waals surface area contributed by atoms with E-state index in [1.807, 2.05) is 5.32 Å². The Hall–Kier alpha value is -8.18. The van der Waals surface area contributed by atoms with E-state index in [4.69, 9.17) is 9.84 Å². The van der Waals surface area contributed by atoms with Gasteiger partial charge in [-0.1, -0.05) is 24.3 Å². The quantitative estimate of drug-likeness (QED) is 0.0771. The van der Waals surface area contributed by atoms with Crippen molar-refractivity contribution in [2.45, 2.75) is 63.9 Å². The first kappa shape index (κ1) is 51.7. The number of amides is 2. The minimum atomic E-state index is -4.54. The van der Waals surface area contributed by atoms with Crippen molar-refractivity contribution < 1.29 is 74.4 Å². The fraction of sp³-hybridized carbons (Fsp3) is 0.292. The Morgan fingerprint density at radius 3 is 1.32 bits per heavy atom. The normalized spacial score (nSPS) is 15.5. The van der Waals surface area contributed by atoms with Gasteiger partial charge in [-0.25, -0.2) is 8.78 Å². The first-order valence-electron chi connectivity index (χ1n) is 21.5. The van der Waals surface area contributed by atoms with Crippen molar-refractivity contribution in [2.24, 2.45) is 0 Å². The number of aromatic hydroxyl groups is 2. The number of carbonyl (C=O) groups is 4. The number of benzene rings is 4. The number of likely N-dealkylation sites (N-methyl/N-ethyl adjacent to an activating group) is 2. The summed E-state index contributed by atoms with van der Waals surface area (Å²) in [6, 6.07) is 11.4. The number of halogens is 8. The van der Waals surface area contributed by atoms with Crippen molar-refractivity contribution in [1.29, 1.82) is 0 Å². The van der Waals surface area contributed by atoms with Crippen molar-refractivity contribution in [2.75, 3.05) is 37.0 Å². The van der Waals surface area contributed by atoms with Crippen molar-refractivity contribution in [1.82, 2.24) is 19.8 Å². The zero-order valence-electron chi connectivity index (χ0n) is 38.4. The minimum absolute atomic E-state index is 0.109. The second kappa shape index (κ2) is 18.9. The molecule has 2 aliphatic rings. The Bertz CT molecular complexity index is 3310. The maximum atomic E-state index is 14.6. The number of carboxylic acids is 1. The van der Waals surface area contributed by atoms with Gasteiger partial charge in [0.15, 0.2) is 0 Å². The highest BCUT2D eigenvalue weighted by atomic mass is 19.4. The number of alkyl halides is 6. The van der Waals surface area contributed by atoms with Gasteiger partial charge in [-0.3, -0.25) is 28.8 Å². The number of nitrogens with one attached hydrogen (secondary N) is 2. The molecule has 2 unspecified atom stereocenters. The molecule has 2 atom stereocenters. The summed E-state index contributed by atoms with van der Waals surface area (Å²) in [5.41, 5.74) is -4.37. The molecule has 2 amide bonds. The van der Waals surface area contributed by atoms with E-state index in [9.17, 15) is 74.1 Å². The number of nitrogens with zero attached hydrogens (tertiary/aromatic N) is 4. The molecule has 2 aliphatic heterocycles. The van der Waals surface area contributed by atoms with Crippen LogP contribution in [0.5, 0.6) is 11.5 Å². The third kappa shape index (κ3) is 10.1. The van der Waals surface area contributed by atoms with Crippen LogP contribution in [-0.4, -0.2) is 81.0 Å². The predicted octanol–water partition coefficient (Wildman–Crippen LogP) is 7.00. The van der Waals surface area contributed by atoms with E-state index < -0.39 is 123 Å². The molecule has 0 saturated heterocycles. The van der Waals surface area contributed by atoms with Crippen molar-refractivity contribution >= 4 is 56.9 Å². The first-order chi connectivity index (χ1) is 33.5. The Morgan fingerprint density at radius 1 is 0.625 bits per heavy atom. The van der Waals surface area contributed by atoms with Crippen LogP contribution in [-0.2, 0) is 39.8 Å². The number of rotatable bonds is 8. The molecule has 5 N–H and O–H groups in total. The summed E-state index contributed by atoms with van der Waals surface area (Å²) in [7, 11) is 3.15. The number of hydrogen-bond acceptors (Lipinski definition) is 11. The summed E-state index contributed by atoms with van der Waals surface area (Å²) in [5, 5.41) is 34.2. The molecule has 24 heteroatoms. The molecule has 4 aromatic carbocycles. The lowest BCUT2D eigenvalue weighted by molar-refractivity contribution is -0.153. The van der Waals surface area contributed by atoms with Crippen molar-refractivity contribution in [3.8, 4) is 11.5 Å². The number of ether oxygens (including phenoxy) is 1. The topological polar surface area (TPSA) is 213 Å². The lowest BCUT2D eigenvalue weighted by Crippen LogP contribution is -2.41. The van der Waals surface area contributed by atoms with Gasteiger partial charge in [-0.15, -0.1) is 0 Å². The molecule has 380 valence electrons. The van der Waals surface area contributed by atoms with E-state index in [-0.39, 0.29) is 46.3 Å². The maximum Gasteiger partial charge on any atom is 0.416 e. The summed E-state index contributed by atoms with van der Waals surface area (Å²) in [6.07, 6.45) is -9.07. The molecular formula is C48H42F8N6O10. The van der Waals surface area contributed by atoms with Crippen LogP contribution in [0.25, 0.3) is 21.8 Å². The van der Waals surface area contributed by atoms with Gasteiger partial charge in [0.25, 0.3) is 22.9 Å². The number of aliphatic carboxylic acids is 1. The maximum absolute atomic E-state index is 14.6. The van der Waals surface area contributed by atoms with Crippen LogP contribution >= 0.6 is 0 Å². The lowest BCUT2D eigenvalue weighted by Gasteiger charge is -2.37. The van der Waals surface area contributed by atoms with Gasteiger partial charge >= 0.3 is 24.3 Å². The SMILES string of the molecule is CN1c2cc(F)cc3c(O)c(C(=O)NCC(=O)O)c(=O)n(c23)CC1c1ccc(C(F)(F)F)cc1.CN1c2cc(F)cc3c(O)c(C(=O)NCC(=O)OC(C)(C)C)c(=O)n(c23)CC1c1ccc(C(F)(F)F)cc1. The average molecular weight is 1010 g/mol. The summed E-state index contributed by atoms with van der Waals surface area (Å²) < 4.78 is 115. The fourth-order valence-electron chi connectivity index (χ4n) is 8.57. The zero-order chi connectivity index (χ0) is 53.1. The van der Waals surface area contributed by atoms with Gasteiger partial charge in [0.05, 0.1) is 58.7 Å². The summed E-state index contributed by atoms with van der Waals surface area (Å²) in [4.78, 5) is 78.0. The van der Waals surface area contributed by atoms with Crippen LogP contribution < -0.4 is 31.6 Å². The summed E-state index contributed by atoms with van der Waals surface area (Å²) in [6.45, 7) is 3.26. The molecule has 0 spiro atoms. The molecule has 72 heavy (non-hydrogen) atoms. The van der Waals surface area contributed by atoms with Gasteiger partial charge < -0.3 is 49.6 Å². The molecule has 0 radical (unpaired) electrons. The third-order valence-corrected chi connectivity index (χ3v) is 11.9. The summed E-state index contributed by atoms with van der Waals surface area (Å²) >= 11 is 0. The Labute approximate surface area is 401 Å². The van der Waals surface area contributed by atoms with Gasteiger partial charge in [0.2, 0.25) is 0 Å². The largest absolute Gasteiger partial charge is 0.506 e. The number of pyridine rings is 2. The van der Waals surface area contributed by atoms with Gasteiger partial charge in [-0.05, 0) is 80.4 Å². The Morgan fingerprint density at radius 2 is 0.986 bits per heavy atom. The van der Waals surface area contributed by atoms with E-state index in [0.29, 0.717) is 11.1 Å². The zero-order valence-corrected chi connectivity index (χ0v) is 38.4. The highest BCUT2D eigenvalue weighted by Gasteiger charge is 2.37. The third-order valence-electron chi connectivity index (χ3n) is 11.9. The first-order valence-corrected chi connectivity index (χ1v) is 21.5. The van der Waals surface area contributed by atoms with Crippen molar-refractivity contribution in [3.05, 3.63) is 139 Å². The molecule has 0 aliphatic carbocycles. The molecule has 0 saturated carbocycles.